The predicted octanol–water partition coefficient (Wildman–Crippen LogP) is 2.00. The van der Waals surface area contributed by atoms with Gasteiger partial charge in [0.2, 0.25) is 0 Å². The van der Waals surface area contributed by atoms with Crippen molar-refractivity contribution in [2.24, 2.45) is 18.9 Å². The van der Waals surface area contributed by atoms with E-state index in [1.807, 2.05) is 0 Å². The molecule has 1 N–H and O–H groups in total. The van der Waals surface area contributed by atoms with Crippen LogP contribution in [-0.2, 0) is 11.8 Å². The van der Waals surface area contributed by atoms with E-state index in [1.54, 1.807) is 23.9 Å². The molecule has 108 valence electrons. The second kappa shape index (κ2) is 4.81. The summed E-state index contributed by atoms with van der Waals surface area (Å²) in [5.74, 6) is -0.697. The Balaban J connectivity index is 1.91. The van der Waals surface area contributed by atoms with Crippen LogP contribution in [0.1, 0.15) is 29.8 Å². The zero-order chi connectivity index (χ0) is 14.4. The van der Waals surface area contributed by atoms with E-state index in [1.165, 1.54) is 4.90 Å². The van der Waals surface area contributed by atoms with Gasteiger partial charge in [0.25, 0.3) is 5.91 Å². The van der Waals surface area contributed by atoms with Crippen LogP contribution in [0.25, 0.3) is 0 Å². The molecule has 1 saturated carbocycles. The molecule has 20 heavy (non-hydrogen) atoms. The van der Waals surface area contributed by atoms with Gasteiger partial charge in [-0.05, 0) is 30.7 Å². The average molecular weight is 297 g/mol. The predicted molar refractivity (Wildman–Crippen MR) is 73.7 cm³/mol. The van der Waals surface area contributed by atoms with E-state index in [9.17, 15) is 14.7 Å². The van der Waals surface area contributed by atoms with Gasteiger partial charge in [0, 0.05) is 19.8 Å². The summed E-state index contributed by atoms with van der Waals surface area (Å²) >= 11 is 5.90. The summed E-state index contributed by atoms with van der Waals surface area (Å²) < 4.78 is 1.65. The van der Waals surface area contributed by atoms with Gasteiger partial charge in [-0.3, -0.25) is 4.79 Å². The van der Waals surface area contributed by atoms with E-state index in [0.717, 1.165) is 19.3 Å². The fourth-order valence-corrected chi connectivity index (χ4v) is 3.96. The number of fused-ring (bicyclic) bond motifs is 1. The molecule has 3 unspecified atom stereocenters. The van der Waals surface area contributed by atoms with Crippen molar-refractivity contribution in [1.82, 2.24) is 9.47 Å². The van der Waals surface area contributed by atoms with Crippen LogP contribution >= 0.6 is 11.6 Å². The van der Waals surface area contributed by atoms with Gasteiger partial charge in [-0.25, -0.2) is 4.79 Å². The number of aliphatic carboxylic acids is 1. The summed E-state index contributed by atoms with van der Waals surface area (Å²) in [5, 5.41) is 9.96. The third kappa shape index (κ3) is 2.00. The van der Waals surface area contributed by atoms with Crippen LogP contribution < -0.4 is 0 Å². The van der Waals surface area contributed by atoms with Crippen molar-refractivity contribution < 1.29 is 14.7 Å². The fourth-order valence-electron chi connectivity index (χ4n) is 3.71. The molecular weight excluding hydrogens is 280 g/mol. The molecule has 0 bridgehead atoms. The van der Waals surface area contributed by atoms with Gasteiger partial charge in [-0.15, -0.1) is 0 Å². The highest BCUT2D eigenvalue weighted by Gasteiger charge is 2.49. The second-order valence-corrected chi connectivity index (χ2v) is 6.19. The minimum Gasteiger partial charge on any atom is -0.480 e. The average Bonchev–Trinajstić information content (AvgIpc) is 3.00. The Labute approximate surface area is 122 Å². The highest BCUT2D eigenvalue weighted by Crippen LogP contribution is 2.42. The van der Waals surface area contributed by atoms with Crippen molar-refractivity contribution >= 4 is 23.5 Å². The number of carboxylic acid groups (broad SMARTS) is 1. The van der Waals surface area contributed by atoms with E-state index in [0.29, 0.717) is 23.2 Å². The van der Waals surface area contributed by atoms with Gasteiger partial charge in [0.15, 0.2) is 0 Å². The lowest BCUT2D eigenvalue weighted by molar-refractivity contribution is -0.142. The van der Waals surface area contributed by atoms with Crippen molar-refractivity contribution in [2.75, 3.05) is 6.54 Å². The number of carbonyl (C=O) groups excluding carboxylic acids is 1. The first-order valence-corrected chi connectivity index (χ1v) is 7.22. The maximum absolute atomic E-state index is 12.6. The Morgan fingerprint density at radius 3 is 2.75 bits per heavy atom. The number of carbonyl (C=O) groups is 2. The molecule has 6 heteroatoms. The molecule has 3 atom stereocenters. The molecule has 2 heterocycles. The topological polar surface area (TPSA) is 62.5 Å². The van der Waals surface area contributed by atoms with E-state index in [-0.39, 0.29) is 11.8 Å². The van der Waals surface area contributed by atoms with Crippen LogP contribution in [0.4, 0.5) is 0 Å². The molecular formula is C14H17ClN2O3. The molecule has 0 spiro atoms. The smallest absolute Gasteiger partial charge is 0.326 e. The number of nitrogens with zero attached hydrogens (tertiary/aromatic N) is 2. The number of amides is 1. The Morgan fingerprint density at radius 2 is 2.15 bits per heavy atom. The largest absolute Gasteiger partial charge is 0.480 e. The zero-order valence-electron chi connectivity index (χ0n) is 11.3. The molecule has 0 aromatic carbocycles. The number of hydrogen-bond donors (Lipinski definition) is 1. The van der Waals surface area contributed by atoms with Crippen LogP contribution in [0, 0.1) is 11.8 Å². The maximum Gasteiger partial charge on any atom is 0.326 e. The molecule has 2 aliphatic rings. The lowest BCUT2D eigenvalue weighted by Crippen LogP contribution is -2.43. The molecule has 0 radical (unpaired) electrons. The molecule has 3 rings (SSSR count). The van der Waals surface area contributed by atoms with Crippen LogP contribution in [0.2, 0.25) is 5.02 Å². The molecule has 2 fully saturated rings. The fraction of sp³-hybridized carbons (Fsp3) is 0.571. The van der Waals surface area contributed by atoms with Gasteiger partial charge in [0.05, 0.1) is 5.02 Å². The van der Waals surface area contributed by atoms with Crippen molar-refractivity contribution in [1.29, 1.82) is 0 Å². The van der Waals surface area contributed by atoms with Gasteiger partial charge >= 0.3 is 5.97 Å². The van der Waals surface area contributed by atoms with Gasteiger partial charge in [-0.1, -0.05) is 18.0 Å². The van der Waals surface area contributed by atoms with E-state index in [2.05, 4.69) is 0 Å². The standard InChI is InChI=1S/C14H17ClN2O3/c1-16-7-9(15)5-11(16)13(18)17-6-8-3-2-4-10(8)12(17)14(19)20/h5,7-8,10,12H,2-4,6H2,1H3,(H,19,20). The molecule has 5 nitrogen and oxygen atoms in total. The van der Waals surface area contributed by atoms with E-state index < -0.39 is 12.0 Å². The minimum absolute atomic E-state index is 0.104. The third-order valence-corrected chi connectivity index (χ3v) is 4.80. The number of rotatable bonds is 2. The van der Waals surface area contributed by atoms with Crippen LogP contribution in [0.15, 0.2) is 12.3 Å². The normalized spacial score (nSPS) is 28.7. The molecule has 1 aromatic heterocycles. The molecule has 1 amide bonds. The second-order valence-electron chi connectivity index (χ2n) is 5.75. The van der Waals surface area contributed by atoms with Crippen LogP contribution in [-0.4, -0.2) is 39.0 Å². The van der Waals surface area contributed by atoms with Gasteiger partial charge in [0.1, 0.15) is 11.7 Å². The minimum atomic E-state index is -0.895. The lowest BCUT2D eigenvalue weighted by atomic mass is 9.94. The number of likely N-dealkylation sites (tertiary alicyclic amines) is 1. The summed E-state index contributed by atoms with van der Waals surface area (Å²) in [6, 6.07) is 0.903. The summed E-state index contributed by atoms with van der Waals surface area (Å²) in [4.78, 5) is 25.7. The zero-order valence-corrected chi connectivity index (χ0v) is 12.0. The van der Waals surface area contributed by atoms with Crippen LogP contribution in [0.3, 0.4) is 0 Å². The van der Waals surface area contributed by atoms with Crippen molar-refractivity contribution in [3.05, 3.63) is 23.0 Å². The first-order valence-electron chi connectivity index (χ1n) is 6.84. The number of aromatic nitrogens is 1. The summed E-state index contributed by atoms with van der Waals surface area (Å²) in [7, 11) is 1.74. The third-order valence-electron chi connectivity index (χ3n) is 4.59. The number of carboxylic acids is 1. The summed E-state index contributed by atoms with van der Waals surface area (Å²) in [5.41, 5.74) is 0.446. The Hall–Kier alpha value is -1.49. The highest BCUT2D eigenvalue weighted by atomic mass is 35.5. The molecule has 1 aliphatic heterocycles. The van der Waals surface area contributed by atoms with Crippen molar-refractivity contribution in [2.45, 2.75) is 25.3 Å². The van der Waals surface area contributed by atoms with Crippen molar-refractivity contribution in [3.63, 3.8) is 0 Å². The number of hydrogen-bond acceptors (Lipinski definition) is 2. The summed E-state index contributed by atoms with van der Waals surface area (Å²) in [6.45, 7) is 0.545. The van der Waals surface area contributed by atoms with E-state index in [4.69, 9.17) is 11.6 Å². The van der Waals surface area contributed by atoms with Crippen LogP contribution in [0.5, 0.6) is 0 Å². The highest BCUT2D eigenvalue weighted by molar-refractivity contribution is 6.31. The molecule has 1 saturated heterocycles. The maximum atomic E-state index is 12.6. The van der Waals surface area contributed by atoms with Gasteiger partial charge in [-0.2, -0.15) is 0 Å². The molecule has 1 aliphatic carbocycles. The summed E-state index contributed by atoms with van der Waals surface area (Å²) in [6.07, 6.45) is 4.64. The Kier molecular flexibility index (Phi) is 3.24. The SMILES string of the molecule is Cn1cc(Cl)cc1C(=O)N1CC2CCCC2C1C(=O)O. The van der Waals surface area contributed by atoms with Crippen molar-refractivity contribution in [3.8, 4) is 0 Å². The first kappa shape index (κ1) is 13.5. The monoisotopic (exact) mass is 296 g/mol. The van der Waals surface area contributed by atoms with Gasteiger partial charge < -0.3 is 14.6 Å². The molecule has 1 aromatic rings. The number of aryl methyl sites for hydroxylation is 1. The quantitative estimate of drug-likeness (QED) is 0.908. The van der Waals surface area contributed by atoms with E-state index >= 15 is 0 Å². The first-order chi connectivity index (χ1) is 9.49. The Bertz CT molecular complexity index is 569. The number of halogens is 1. The lowest BCUT2D eigenvalue weighted by Gasteiger charge is -2.24. The Morgan fingerprint density at radius 1 is 1.40 bits per heavy atom.